The van der Waals surface area contributed by atoms with Crippen LogP contribution < -0.4 is 4.74 Å². The van der Waals surface area contributed by atoms with Gasteiger partial charge in [-0.05, 0) is 51.1 Å². The van der Waals surface area contributed by atoms with Gasteiger partial charge in [-0.25, -0.2) is 0 Å². The van der Waals surface area contributed by atoms with Crippen LogP contribution in [0.4, 0.5) is 0 Å². The molecule has 19 heavy (non-hydrogen) atoms. The minimum absolute atomic E-state index is 0.0670. The summed E-state index contributed by atoms with van der Waals surface area (Å²) in [5.41, 5.74) is 3.10. The molecular weight excluding hydrogens is 262 g/mol. The molecule has 0 aliphatic rings. The lowest BCUT2D eigenvalue weighted by atomic mass is 9.89. The van der Waals surface area contributed by atoms with Gasteiger partial charge in [-0.2, -0.15) is 0 Å². The summed E-state index contributed by atoms with van der Waals surface area (Å²) in [6.45, 7) is 6.14. The van der Waals surface area contributed by atoms with Gasteiger partial charge in [0.05, 0.1) is 7.11 Å². The average molecular weight is 286 g/mol. The van der Waals surface area contributed by atoms with Gasteiger partial charge < -0.3 is 14.7 Å². The highest BCUT2D eigenvalue weighted by molar-refractivity contribution is 6.31. The van der Waals surface area contributed by atoms with Gasteiger partial charge in [-0.1, -0.05) is 18.5 Å². The minimum atomic E-state index is 0.0670. The van der Waals surface area contributed by atoms with Gasteiger partial charge in [0, 0.05) is 23.2 Å². The first kappa shape index (κ1) is 16.3. The van der Waals surface area contributed by atoms with E-state index in [1.807, 2.05) is 40.9 Å². The van der Waals surface area contributed by atoms with Crippen LogP contribution in [-0.4, -0.2) is 37.8 Å². The number of nitrogens with zero attached hydrogens (tertiary/aromatic N) is 1. The molecule has 1 aromatic rings. The summed E-state index contributed by atoms with van der Waals surface area (Å²) in [4.78, 5) is 2.10. The highest BCUT2D eigenvalue weighted by Crippen LogP contribution is 2.40. The first-order valence-electron chi connectivity index (χ1n) is 6.46. The molecule has 1 aromatic carbocycles. The Bertz CT molecular complexity index is 446. The van der Waals surface area contributed by atoms with Crippen LogP contribution in [0.15, 0.2) is 6.07 Å². The fraction of sp³-hybridized carbons (Fsp3) is 0.600. The van der Waals surface area contributed by atoms with Crippen molar-refractivity contribution < 1.29 is 9.84 Å². The third-order valence-electron chi connectivity index (χ3n) is 3.59. The van der Waals surface area contributed by atoms with Crippen molar-refractivity contribution in [2.24, 2.45) is 5.92 Å². The third kappa shape index (κ3) is 3.22. The van der Waals surface area contributed by atoms with E-state index in [0.29, 0.717) is 0 Å². The van der Waals surface area contributed by atoms with E-state index < -0.39 is 0 Å². The number of hydrogen-bond acceptors (Lipinski definition) is 3. The second kappa shape index (κ2) is 6.60. The zero-order valence-corrected chi connectivity index (χ0v) is 13.4. The van der Waals surface area contributed by atoms with E-state index >= 15 is 0 Å². The van der Waals surface area contributed by atoms with E-state index in [-0.39, 0.29) is 18.6 Å². The predicted octanol–water partition coefficient (Wildman–Crippen LogP) is 3.20. The second-order valence-electron chi connectivity index (χ2n) is 5.32. The second-order valence-corrected chi connectivity index (χ2v) is 5.72. The predicted molar refractivity (Wildman–Crippen MR) is 80.2 cm³/mol. The number of halogens is 1. The highest BCUT2D eigenvalue weighted by Gasteiger charge is 2.27. The minimum Gasteiger partial charge on any atom is -0.496 e. The molecule has 0 radical (unpaired) electrons. The van der Waals surface area contributed by atoms with Crippen LogP contribution >= 0.6 is 11.6 Å². The van der Waals surface area contributed by atoms with E-state index in [1.165, 1.54) is 0 Å². The van der Waals surface area contributed by atoms with Crippen LogP contribution in [-0.2, 0) is 0 Å². The number of hydrogen-bond donors (Lipinski definition) is 1. The fourth-order valence-electron chi connectivity index (χ4n) is 2.65. The Labute approximate surface area is 121 Å². The molecule has 2 unspecified atom stereocenters. The monoisotopic (exact) mass is 285 g/mol. The Morgan fingerprint density at radius 1 is 1.37 bits per heavy atom. The smallest absolute Gasteiger partial charge is 0.126 e. The van der Waals surface area contributed by atoms with Crippen LogP contribution in [0.1, 0.15) is 29.7 Å². The summed E-state index contributed by atoms with van der Waals surface area (Å²) in [5, 5.41) is 10.2. The van der Waals surface area contributed by atoms with Crippen LogP contribution in [0.5, 0.6) is 5.75 Å². The number of aliphatic hydroxyl groups excluding tert-OH is 1. The highest BCUT2D eigenvalue weighted by atomic mass is 35.5. The quantitative estimate of drug-likeness (QED) is 0.902. The number of aryl methyl sites for hydroxylation is 1. The molecule has 108 valence electrons. The van der Waals surface area contributed by atoms with Crippen molar-refractivity contribution in [3.8, 4) is 5.75 Å². The lowest BCUT2D eigenvalue weighted by Gasteiger charge is -2.32. The molecule has 0 spiro atoms. The fourth-order valence-corrected chi connectivity index (χ4v) is 2.92. The molecule has 0 bridgehead atoms. The average Bonchev–Trinajstić information content (AvgIpc) is 2.35. The van der Waals surface area contributed by atoms with Crippen LogP contribution in [0.25, 0.3) is 0 Å². The van der Waals surface area contributed by atoms with Gasteiger partial charge >= 0.3 is 0 Å². The standard InChI is InChI=1S/C15H24ClNO2/c1-9-7-12(16)11(3)13(15(9)19-6)14(17(4)5)10(2)8-18/h7,10,14,18H,8H2,1-6H3. The van der Waals surface area contributed by atoms with E-state index in [0.717, 1.165) is 27.5 Å². The van der Waals surface area contributed by atoms with E-state index in [9.17, 15) is 5.11 Å². The van der Waals surface area contributed by atoms with Gasteiger partial charge in [0.2, 0.25) is 0 Å². The topological polar surface area (TPSA) is 32.7 Å². The first-order chi connectivity index (χ1) is 8.84. The molecule has 3 nitrogen and oxygen atoms in total. The lowest BCUT2D eigenvalue weighted by Crippen LogP contribution is -2.29. The SMILES string of the molecule is COc1c(C)cc(Cl)c(C)c1C(C(C)CO)N(C)C. The van der Waals surface area contributed by atoms with Gasteiger partial charge in [0.15, 0.2) is 0 Å². The van der Waals surface area contributed by atoms with E-state index in [1.54, 1.807) is 7.11 Å². The summed E-state index contributed by atoms with van der Waals surface area (Å²) in [6.07, 6.45) is 0. The molecule has 2 atom stereocenters. The van der Waals surface area contributed by atoms with Crippen molar-refractivity contribution in [1.29, 1.82) is 0 Å². The van der Waals surface area contributed by atoms with E-state index in [4.69, 9.17) is 16.3 Å². The van der Waals surface area contributed by atoms with Crippen LogP contribution in [0.3, 0.4) is 0 Å². The molecule has 0 aromatic heterocycles. The van der Waals surface area contributed by atoms with Crippen molar-refractivity contribution in [3.05, 3.63) is 27.8 Å². The molecule has 0 amide bonds. The maximum absolute atomic E-state index is 9.51. The third-order valence-corrected chi connectivity index (χ3v) is 3.98. The van der Waals surface area contributed by atoms with Gasteiger partial charge in [0.1, 0.15) is 5.75 Å². The molecule has 1 N–H and O–H groups in total. The van der Waals surface area contributed by atoms with Gasteiger partial charge in [-0.3, -0.25) is 0 Å². The largest absolute Gasteiger partial charge is 0.496 e. The maximum atomic E-state index is 9.51. The normalized spacial score (nSPS) is 14.6. The molecule has 0 fully saturated rings. The van der Waals surface area contributed by atoms with Crippen molar-refractivity contribution >= 4 is 11.6 Å². The van der Waals surface area contributed by atoms with Crippen molar-refractivity contribution in [1.82, 2.24) is 4.90 Å². The maximum Gasteiger partial charge on any atom is 0.126 e. The summed E-state index contributed by atoms with van der Waals surface area (Å²) in [5.74, 6) is 0.960. The van der Waals surface area contributed by atoms with Gasteiger partial charge in [-0.15, -0.1) is 0 Å². The molecule has 4 heteroatoms. The van der Waals surface area contributed by atoms with E-state index in [2.05, 4.69) is 4.90 Å². The number of aliphatic hydroxyl groups is 1. The molecule has 0 aliphatic heterocycles. The molecule has 0 heterocycles. The molecule has 1 rings (SSSR count). The molecular formula is C15H24ClNO2. The van der Waals surface area contributed by atoms with Crippen LogP contribution in [0.2, 0.25) is 5.02 Å². The Morgan fingerprint density at radius 2 is 1.95 bits per heavy atom. The summed E-state index contributed by atoms with van der Waals surface area (Å²) < 4.78 is 5.57. The molecule has 0 aliphatic carbocycles. The Balaban J connectivity index is 3.52. The van der Waals surface area contributed by atoms with Crippen molar-refractivity contribution in [2.75, 3.05) is 27.8 Å². The van der Waals surface area contributed by atoms with Crippen molar-refractivity contribution in [2.45, 2.75) is 26.8 Å². The van der Waals surface area contributed by atoms with Gasteiger partial charge in [0.25, 0.3) is 0 Å². The van der Waals surface area contributed by atoms with Crippen molar-refractivity contribution in [3.63, 3.8) is 0 Å². The number of methoxy groups -OCH3 is 1. The summed E-state index contributed by atoms with van der Waals surface area (Å²) in [6, 6.07) is 1.99. The number of ether oxygens (including phenoxy) is 1. The first-order valence-corrected chi connectivity index (χ1v) is 6.83. The summed E-state index contributed by atoms with van der Waals surface area (Å²) >= 11 is 6.31. The summed E-state index contributed by atoms with van der Waals surface area (Å²) in [7, 11) is 5.69. The Morgan fingerprint density at radius 3 is 2.37 bits per heavy atom. The molecule has 0 saturated carbocycles. The number of benzene rings is 1. The zero-order valence-electron chi connectivity index (χ0n) is 12.6. The number of rotatable bonds is 5. The zero-order chi connectivity index (χ0) is 14.7. The lowest BCUT2D eigenvalue weighted by molar-refractivity contribution is 0.143. The van der Waals surface area contributed by atoms with Crippen LogP contribution in [0, 0.1) is 19.8 Å². The molecule has 0 saturated heterocycles. The Kier molecular flexibility index (Phi) is 5.65. The Hall–Kier alpha value is -0.770.